The molecule has 0 aromatic heterocycles. The summed E-state index contributed by atoms with van der Waals surface area (Å²) in [5.41, 5.74) is 4.64. The SMILES string of the molecule is CNCCCc1cccc2c1CNCC2. The summed E-state index contributed by atoms with van der Waals surface area (Å²) < 4.78 is 0. The van der Waals surface area contributed by atoms with Crippen molar-refractivity contribution in [3.05, 3.63) is 34.9 Å². The van der Waals surface area contributed by atoms with Crippen molar-refractivity contribution < 1.29 is 0 Å². The summed E-state index contributed by atoms with van der Waals surface area (Å²) in [6.07, 6.45) is 3.62. The summed E-state index contributed by atoms with van der Waals surface area (Å²) >= 11 is 0. The van der Waals surface area contributed by atoms with Gasteiger partial charge in [0.15, 0.2) is 0 Å². The third-order valence-corrected chi connectivity index (χ3v) is 3.12. The van der Waals surface area contributed by atoms with Gasteiger partial charge in [-0.2, -0.15) is 0 Å². The fourth-order valence-corrected chi connectivity index (χ4v) is 2.28. The molecule has 2 N–H and O–H groups in total. The molecule has 0 fully saturated rings. The van der Waals surface area contributed by atoms with Crippen LogP contribution in [0.25, 0.3) is 0 Å². The Balaban J connectivity index is 2.09. The van der Waals surface area contributed by atoms with Crippen molar-refractivity contribution in [1.29, 1.82) is 0 Å². The second-order valence-corrected chi connectivity index (χ2v) is 4.19. The molecule has 2 heteroatoms. The Hall–Kier alpha value is -0.860. The number of hydrogen-bond acceptors (Lipinski definition) is 2. The van der Waals surface area contributed by atoms with Crippen LogP contribution in [0.1, 0.15) is 23.1 Å². The van der Waals surface area contributed by atoms with Gasteiger partial charge in [0.1, 0.15) is 0 Å². The van der Waals surface area contributed by atoms with Gasteiger partial charge in [-0.25, -0.2) is 0 Å². The molecule has 82 valence electrons. The maximum atomic E-state index is 3.46. The number of aryl methyl sites for hydroxylation is 1. The Morgan fingerprint density at radius 2 is 2.33 bits per heavy atom. The molecule has 0 radical (unpaired) electrons. The average molecular weight is 204 g/mol. The van der Waals surface area contributed by atoms with Crippen LogP contribution in [-0.2, 0) is 19.4 Å². The van der Waals surface area contributed by atoms with E-state index in [4.69, 9.17) is 0 Å². The predicted molar refractivity (Wildman–Crippen MR) is 64.1 cm³/mol. The largest absolute Gasteiger partial charge is 0.320 e. The van der Waals surface area contributed by atoms with Crippen LogP contribution in [0, 0.1) is 0 Å². The van der Waals surface area contributed by atoms with E-state index in [9.17, 15) is 0 Å². The van der Waals surface area contributed by atoms with Gasteiger partial charge in [0.25, 0.3) is 0 Å². The van der Waals surface area contributed by atoms with E-state index in [0.29, 0.717) is 0 Å². The summed E-state index contributed by atoms with van der Waals surface area (Å²) in [7, 11) is 2.02. The Labute approximate surface area is 92.1 Å². The molecule has 0 saturated heterocycles. The molecule has 2 nitrogen and oxygen atoms in total. The first-order valence-corrected chi connectivity index (χ1v) is 5.87. The molecule has 0 atom stereocenters. The molecule has 1 aliphatic heterocycles. The van der Waals surface area contributed by atoms with Gasteiger partial charge in [0, 0.05) is 6.54 Å². The lowest BCUT2D eigenvalue weighted by Crippen LogP contribution is -2.24. The Bertz CT molecular complexity index is 320. The van der Waals surface area contributed by atoms with E-state index >= 15 is 0 Å². The van der Waals surface area contributed by atoms with Crippen LogP contribution in [0.5, 0.6) is 0 Å². The number of rotatable bonds is 4. The normalized spacial score (nSPS) is 15.0. The molecule has 1 aromatic carbocycles. The molecule has 2 rings (SSSR count). The van der Waals surface area contributed by atoms with Crippen molar-refractivity contribution in [3.63, 3.8) is 0 Å². The summed E-state index contributed by atoms with van der Waals surface area (Å²) in [6, 6.07) is 6.76. The van der Waals surface area contributed by atoms with Gasteiger partial charge in [-0.05, 0) is 56.1 Å². The van der Waals surface area contributed by atoms with Gasteiger partial charge in [-0.3, -0.25) is 0 Å². The topological polar surface area (TPSA) is 24.1 Å². The summed E-state index contributed by atoms with van der Waals surface area (Å²) in [4.78, 5) is 0. The Kier molecular flexibility index (Phi) is 3.75. The lowest BCUT2D eigenvalue weighted by atomic mass is 9.94. The highest BCUT2D eigenvalue weighted by molar-refractivity contribution is 5.37. The van der Waals surface area contributed by atoms with Crippen LogP contribution in [-0.4, -0.2) is 20.1 Å². The second-order valence-electron chi connectivity index (χ2n) is 4.19. The van der Waals surface area contributed by atoms with Crippen LogP contribution in [0.15, 0.2) is 18.2 Å². The molecule has 15 heavy (non-hydrogen) atoms. The highest BCUT2D eigenvalue weighted by atomic mass is 14.9. The lowest BCUT2D eigenvalue weighted by molar-refractivity contribution is 0.632. The van der Waals surface area contributed by atoms with E-state index in [1.165, 1.54) is 24.8 Å². The van der Waals surface area contributed by atoms with Gasteiger partial charge < -0.3 is 10.6 Å². The van der Waals surface area contributed by atoms with Crippen LogP contribution in [0.3, 0.4) is 0 Å². The van der Waals surface area contributed by atoms with E-state index in [2.05, 4.69) is 28.8 Å². The van der Waals surface area contributed by atoms with Gasteiger partial charge in [0.2, 0.25) is 0 Å². The number of benzene rings is 1. The first-order valence-electron chi connectivity index (χ1n) is 5.87. The van der Waals surface area contributed by atoms with Crippen LogP contribution in [0.2, 0.25) is 0 Å². The first kappa shape index (κ1) is 10.7. The smallest absolute Gasteiger partial charge is 0.0211 e. The molecular formula is C13H20N2. The minimum absolute atomic E-state index is 1.06. The zero-order valence-electron chi connectivity index (χ0n) is 9.47. The van der Waals surface area contributed by atoms with Crippen LogP contribution < -0.4 is 10.6 Å². The highest BCUT2D eigenvalue weighted by Gasteiger charge is 2.11. The average Bonchev–Trinajstić information content (AvgIpc) is 2.30. The fourth-order valence-electron chi connectivity index (χ4n) is 2.28. The van der Waals surface area contributed by atoms with Crippen molar-refractivity contribution in [3.8, 4) is 0 Å². The van der Waals surface area contributed by atoms with Crippen molar-refractivity contribution >= 4 is 0 Å². The molecule has 0 unspecified atom stereocenters. The quantitative estimate of drug-likeness (QED) is 0.726. The first-order chi connectivity index (χ1) is 7.42. The molecule has 1 heterocycles. The van der Waals surface area contributed by atoms with Gasteiger partial charge in [-0.15, -0.1) is 0 Å². The highest BCUT2D eigenvalue weighted by Crippen LogP contribution is 2.19. The molecule has 1 aliphatic rings. The minimum atomic E-state index is 1.06. The van der Waals surface area contributed by atoms with E-state index < -0.39 is 0 Å². The molecule has 1 aromatic rings. The monoisotopic (exact) mass is 204 g/mol. The zero-order valence-corrected chi connectivity index (χ0v) is 9.47. The standard InChI is InChI=1S/C13H20N2/c1-14-8-3-6-11-4-2-5-12-7-9-15-10-13(11)12/h2,4-5,14-15H,3,6-10H2,1H3. The molecule has 0 spiro atoms. The Morgan fingerprint density at radius 1 is 1.40 bits per heavy atom. The van der Waals surface area contributed by atoms with E-state index in [-0.39, 0.29) is 0 Å². The van der Waals surface area contributed by atoms with Gasteiger partial charge in [0.05, 0.1) is 0 Å². The summed E-state index contributed by atoms with van der Waals surface area (Å²) in [6.45, 7) is 3.30. The zero-order chi connectivity index (χ0) is 10.5. The molecule has 0 amide bonds. The maximum absolute atomic E-state index is 3.46. The lowest BCUT2D eigenvalue weighted by Gasteiger charge is -2.20. The fraction of sp³-hybridized carbons (Fsp3) is 0.538. The number of nitrogens with one attached hydrogen (secondary N) is 2. The van der Waals surface area contributed by atoms with E-state index in [1.807, 2.05) is 7.05 Å². The third-order valence-electron chi connectivity index (χ3n) is 3.12. The summed E-state index contributed by atoms with van der Waals surface area (Å²) in [5, 5.41) is 6.66. The minimum Gasteiger partial charge on any atom is -0.320 e. The molecule has 0 bridgehead atoms. The van der Waals surface area contributed by atoms with Crippen molar-refractivity contribution in [2.24, 2.45) is 0 Å². The molecule has 0 aliphatic carbocycles. The van der Waals surface area contributed by atoms with E-state index in [0.717, 1.165) is 19.6 Å². The molecule has 0 saturated carbocycles. The summed E-state index contributed by atoms with van der Waals surface area (Å²) in [5.74, 6) is 0. The number of hydrogen-bond donors (Lipinski definition) is 2. The van der Waals surface area contributed by atoms with E-state index in [1.54, 1.807) is 11.1 Å². The van der Waals surface area contributed by atoms with Crippen molar-refractivity contribution in [1.82, 2.24) is 10.6 Å². The number of fused-ring (bicyclic) bond motifs is 1. The van der Waals surface area contributed by atoms with Gasteiger partial charge in [-0.1, -0.05) is 18.2 Å². The third kappa shape index (κ3) is 2.58. The van der Waals surface area contributed by atoms with Crippen molar-refractivity contribution in [2.75, 3.05) is 20.1 Å². The molecular weight excluding hydrogens is 184 g/mol. The maximum Gasteiger partial charge on any atom is 0.0211 e. The predicted octanol–water partition coefficient (Wildman–Crippen LogP) is 1.48. The van der Waals surface area contributed by atoms with Gasteiger partial charge >= 0.3 is 0 Å². The second kappa shape index (κ2) is 5.29. The Morgan fingerprint density at radius 3 is 3.20 bits per heavy atom. The van der Waals surface area contributed by atoms with Crippen LogP contribution >= 0.6 is 0 Å². The van der Waals surface area contributed by atoms with Crippen molar-refractivity contribution in [2.45, 2.75) is 25.8 Å². The van der Waals surface area contributed by atoms with Crippen LogP contribution in [0.4, 0.5) is 0 Å².